The molecule has 0 radical (unpaired) electrons. The van der Waals surface area contributed by atoms with Crippen molar-refractivity contribution in [3.8, 4) is 0 Å². The highest BCUT2D eigenvalue weighted by atomic mass is 32.1. The molecular formula is C17H21N3O4S. The van der Waals surface area contributed by atoms with Gasteiger partial charge in [0.1, 0.15) is 16.3 Å². The molecule has 0 aromatic carbocycles. The minimum Gasteiger partial charge on any atom is -0.465 e. The second-order valence-electron chi connectivity index (χ2n) is 6.31. The van der Waals surface area contributed by atoms with Crippen molar-refractivity contribution >= 4 is 33.4 Å². The van der Waals surface area contributed by atoms with Crippen LogP contribution in [0.5, 0.6) is 0 Å². The quantitative estimate of drug-likeness (QED) is 0.839. The molecule has 25 heavy (non-hydrogen) atoms. The van der Waals surface area contributed by atoms with Crippen LogP contribution in [-0.2, 0) is 16.1 Å². The van der Waals surface area contributed by atoms with E-state index in [0.717, 1.165) is 37.0 Å². The Kier molecular flexibility index (Phi) is 5.17. The summed E-state index contributed by atoms with van der Waals surface area (Å²) in [4.78, 5) is 41.8. The highest BCUT2D eigenvalue weighted by molar-refractivity contribution is 7.20. The summed E-state index contributed by atoms with van der Waals surface area (Å²) in [6, 6.07) is 0.197. The molecule has 2 aromatic rings. The topological polar surface area (TPSA) is 90.3 Å². The minimum atomic E-state index is -0.485. The van der Waals surface area contributed by atoms with Gasteiger partial charge in [0.05, 0.1) is 18.8 Å². The average molecular weight is 363 g/mol. The molecular weight excluding hydrogens is 342 g/mol. The van der Waals surface area contributed by atoms with Gasteiger partial charge in [-0.1, -0.05) is 19.3 Å². The number of hydrogen-bond donors (Lipinski definition) is 1. The highest BCUT2D eigenvalue weighted by Gasteiger charge is 2.21. The smallest absolute Gasteiger partial charge is 0.348 e. The number of ether oxygens (including phenoxy) is 1. The Labute approximate surface area is 149 Å². The lowest BCUT2D eigenvalue weighted by molar-refractivity contribution is -0.122. The maximum absolute atomic E-state index is 12.7. The van der Waals surface area contributed by atoms with Gasteiger partial charge >= 0.3 is 5.97 Å². The zero-order valence-electron chi connectivity index (χ0n) is 14.3. The van der Waals surface area contributed by atoms with Crippen LogP contribution in [0.4, 0.5) is 0 Å². The second kappa shape index (κ2) is 7.35. The summed E-state index contributed by atoms with van der Waals surface area (Å²) in [5.74, 6) is -0.669. The van der Waals surface area contributed by atoms with E-state index in [1.165, 1.54) is 24.4 Å². The first-order valence-electron chi connectivity index (χ1n) is 8.37. The Balaban J connectivity index is 1.83. The molecule has 0 aliphatic heterocycles. The molecule has 7 nitrogen and oxygen atoms in total. The van der Waals surface area contributed by atoms with Crippen LogP contribution in [-0.4, -0.2) is 34.6 Å². The van der Waals surface area contributed by atoms with Gasteiger partial charge in [-0.15, -0.1) is 11.3 Å². The van der Waals surface area contributed by atoms with E-state index in [2.05, 4.69) is 10.3 Å². The molecule has 0 bridgehead atoms. The number of methoxy groups -OCH3 is 1. The summed E-state index contributed by atoms with van der Waals surface area (Å²) < 4.78 is 6.03. The van der Waals surface area contributed by atoms with E-state index < -0.39 is 5.97 Å². The molecule has 2 heterocycles. The molecule has 1 saturated carbocycles. The van der Waals surface area contributed by atoms with Gasteiger partial charge in [0.25, 0.3) is 5.56 Å². The normalized spacial score (nSPS) is 15.3. The highest BCUT2D eigenvalue weighted by Crippen LogP contribution is 2.27. The standard InChI is InChI=1S/C17H21N3O4S/c1-10-13-15(25-14(10)17(23)24-2)18-9-20(16(13)22)8-12(21)19-11-6-4-3-5-7-11/h9,11H,3-8H2,1-2H3,(H,19,21). The van der Waals surface area contributed by atoms with Crippen molar-refractivity contribution in [2.24, 2.45) is 0 Å². The van der Waals surface area contributed by atoms with Crippen LogP contribution in [0.1, 0.15) is 47.3 Å². The van der Waals surface area contributed by atoms with Crippen molar-refractivity contribution in [1.29, 1.82) is 0 Å². The molecule has 1 amide bonds. The zero-order chi connectivity index (χ0) is 18.0. The molecule has 8 heteroatoms. The number of aryl methyl sites for hydroxylation is 1. The number of aromatic nitrogens is 2. The number of carbonyl (C=O) groups excluding carboxylic acids is 2. The lowest BCUT2D eigenvalue weighted by Gasteiger charge is -2.22. The van der Waals surface area contributed by atoms with Gasteiger partial charge in [-0.3, -0.25) is 14.2 Å². The Morgan fingerprint density at radius 2 is 2.08 bits per heavy atom. The molecule has 1 fully saturated rings. The lowest BCUT2D eigenvalue weighted by Crippen LogP contribution is -2.39. The largest absolute Gasteiger partial charge is 0.465 e. The molecule has 0 saturated heterocycles. The van der Waals surface area contributed by atoms with E-state index >= 15 is 0 Å². The lowest BCUT2D eigenvalue weighted by atomic mass is 9.95. The fraction of sp³-hybridized carbons (Fsp3) is 0.529. The fourth-order valence-corrected chi connectivity index (χ4v) is 4.29. The molecule has 0 atom stereocenters. The number of esters is 1. The number of nitrogens with zero attached hydrogens (tertiary/aromatic N) is 2. The van der Waals surface area contributed by atoms with Crippen molar-refractivity contribution in [2.45, 2.75) is 51.6 Å². The average Bonchev–Trinajstić information content (AvgIpc) is 2.95. The summed E-state index contributed by atoms with van der Waals surface area (Å²) in [5.41, 5.74) is 0.235. The summed E-state index contributed by atoms with van der Waals surface area (Å²) in [7, 11) is 1.30. The molecule has 1 aliphatic rings. The number of rotatable bonds is 4. The third-order valence-corrected chi connectivity index (χ3v) is 5.75. The maximum Gasteiger partial charge on any atom is 0.348 e. The monoisotopic (exact) mass is 363 g/mol. The van der Waals surface area contributed by atoms with Crippen LogP contribution in [0.2, 0.25) is 0 Å². The van der Waals surface area contributed by atoms with E-state index in [9.17, 15) is 14.4 Å². The molecule has 1 N–H and O–H groups in total. The van der Waals surface area contributed by atoms with Gasteiger partial charge in [0.15, 0.2) is 0 Å². The number of thiophene rings is 1. The van der Waals surface area contributed by atoms with Crippen LogP contribution >= 0.6 is 11.3 Å². The van der Waals surface area contributed by atoms with Gasteiger partial charge in [-0.25, -0.2) is 9.78 Å². The molecule has 0 unspecified atom stereocenters. The fourth-order valence-electron chi connectivity index (χ4n) is 3.23. The maximum atomic E-state index is 12.7. The molecule has 1 aliphatic carbocycles. The van der Waals surface area contributed by atoms with Crippen molar-refractivity contribution in [1.82, 2.24) is 14.9 Å². The Hall–Kier alpha value is -2.22. The minimum absolute atomic E-state index is 0.0683. The summed E-state index contributed by atoms with van der Waals surface area (Å²) in [6.07, 6.45) is 6.81. The molecule has 134 valence electrons. The van der Waals surface area contributed by atoms with Crippen LogP contribution in [0.25, 0.3) is 10.2 Å². The van der Waals surface area contributed by atoms with E-state index in [1.807, 2.05) is 0 Å². The third kappa shape index (κ3) is 3.58. The molecule has 2 aromatic heterocycles. The first kappa shape index (κ1) is 17.6. The van der Waals surface area contributed by atoms with E-state index in [0.29, 0.717) is 20.7 Å². The second-order valence-corrected chi connectivity index (χ2v) is 7.31. The number of carbonyl (C=O) groups is 2. The number of hydrogen-bond acceptors (Lipinski definition) is 6. The van der Waals surface area contributed by atoms with Gasteiger partial charge in [0, 0.05) is 6.04 Å². The van der Waals surface area contributed by atoms with Crippen molar-refractivity contribution < 1.29 is 14.3 Å². The van der Waals surface area contributed by atoms with Crippen molar-refractivity contribution in [2.75, 3.05) is 7.11 Å². The van der Waals surface area contributed by atoms with Crippen LogP contribution in [0.3, 0.4) is 0 Å². The molecule has 0 spiro atoms. The number of amides is 1. The Morgan fingerprint density at radius 1 is 1.36 bits per heavy atom. The molecule has 3 rings (SSSR count). The van der Waals surface area contributed by atoms with Gasteiger partial charge in [-0.2, -0.15) is 0 Å². The number of fused-ring (bicyclic) bond motifs is 1. The van der Waals surface area contributed by atoms with E-state index in [4.69, 9.17) is 4.74 Å². The van der Waals surface area contributed by atoms with Crippen molar-refractivity contribution in [3.63, 3.8) is 0 Å². The van der Waals surface area contributed by atoms with Gasteiger partial charge in [-0.05, 0) is 25.3 Å². The van der Waals surface area contributed by atoms with Crippen molar-refractivity contribution in [3.05, 3.63) is 27.1 Å². The predicted octanol–water partition coefficient (Wildman–Crippen LogP) is 2.00. The third-order valence-electron chi connectivity index (χ3n) is 4.57. The van der Waals surface area contributed by atoms with E-state index in [-0.39, 0.29) is 24.1 Å². The van der Waals surface area contributed by atoms with Crippen LogP contribution in [0.15, 0.2) is 11.1 Å². The summed E-state index contributed by atoms with van der Waals surface area (Å²) >= 11 is 1.13. The van der Waals surface area contributed by atoms with E-state index in [1.54, 1.807) is 6.92 Å². The Bertz CT molecular complexity index is 865. The van der Waals surface area contributed by atoms with Gasteiger partial charge < -0.3 is 10.1 Å². The predicted molar refractivity (Wildman–Crippen MR) is 95.0 cm³/mol. The van der Waals surface area contributed by atoms with Crippen LogP contribution < -0.4 is 10.9 Å². The van der Waals surface area contributed by atoms with Crippen LogP contribution in [0, 0.1) is 6.92 Å². The summed E-state index contributed by atoms with van der Waals surface area (Å²) in [6.45, 7) is 1.63. The van der Waals surface area contributed by atoms with Gasteiger partial charge in [0.2, 0.25) is 5.91 Å². The first-order valence-corrected chi connectivity index (χ1v) is 9.19. The summed E-state index contributed by atoms with van der Waals surface area (Å²) in [5, 5.41) is 3.37. The zero-order valence-corrected chi connectivity index (χ0v) is 15.1. The SMILES string of the molecule is COC(=O)c1sc2ncn(CC(=O)NC3CCCCC3)c(=O)c2c1C. The number of nitrogens with one attached hydrogen (secondary N) is 1. The first-order chi connectivity index (χ1) is 12.0. The Morgan fingerprint density at radius 3 is 2.76 bits per heavy atom.